The van der Waals surface area contributed by atoms with Crippen molar-refractivity contribution < 1.29 is 13.2 Å². The Morgan fingerprint density at radius 1 is 0.677 bits per heavy atom. The Hall–Kier alpha value is -4.04. The van der Waals surface area contributed by atoms with Crippen LogP contribution in [0.2, 0.25) is 0 Å². The molecule has 0 aliphatic carbocycles. The highest BCUT2D eigenvalue weighted by Gasteiger charge is 2.34. The molecule has 2 nitrogen and oxygen atoms in total. The molecule has 0 atom stereocenters. The lowest BCUT2D eigenvalue weighted by molar-refractivity contribution is -0.137. The van der Waals surface area contributed by atoms with Crippen LogP contribution in [-0.2, 0) is 6.18 Å². The molecule has 0 saturated carbocycles. The van der Waals surface area contributed by atoms with Crippen molar-refractivity contribution in [1.29, 1.82) is 5.26 Å². The van der Waals surface area contributed by atoms with Crippen molar-refractivity contribution in [3.8, 4) is 22.9 Å². The first-order chi connectivity index (χ1) is 15.0. The highest BCUT2D eigenvalue weighted by Crippen LogP contribution is 2.41. The maximum absolute atomic E-state index is 13.9. The minimum atomic E-state index is -4.59. The molecule has 5 heteroatoms. The lowest BCUT2D eigenvalue weighted by Crippen LogP contribution is -2.09. The van der Waals surface area contributed by atoms with Crippen LogP contribution in [0.4, 0.5) is 13.2 Å². The van der Waals surface area contributed by atoms with E-state index in [1.807, 2.05) is 65.2 Å². The Morgan fingerprint density at radius 3 is 1.87 bits per heavy atom. The molecule has 0 fully saturated rings. The normalized spacial score (nSPS) is 11.7. The second-order valence-corrected chi connectivity index (χ2v) is 7.26. The number of alkyl halides is 3. The summed E-state index contributed by atoms with van der Waals surface area (Å²) < 4.78 is 43.7. The van der Waals surface area contributed by atoms with Gasteiger partial charge in [-0.1, -0.05) is 60.7 Å². The highest BCUT2D eigenvalue weighted by molar-refractivity contribution is 6.09. The summed E-state index contributed by atoms with van der Waals surface area (Å²) in [5.74, 6) is 0. The summed E-state index contributed by atoms with van der Waals surface area (Å²) in [5, 5.41) is 11.2. The van der Waals surface area contributed by atoms with E-state index in [2.05, 4.69) is 0 Å². The van der Waals surface area contributed by atoms with Gasteiger partial charge >= 0.3 is 6.18 Å². The zero-order chi connectivity index (χ0) is 21.6. The summed E-state index contributed by atoms with van der Waals surface area (Å²) in [5.41, 5.74) is 2.13. The molecule has 5 aromatic rings. The minimum absolute atomic E-state index is 0.0228. The first-order valence-corrected chi connectivity index (χ1v) is 9.68. The molecule has 0 amide bonds. The van der Waals surface area contributed by atoms with Crippen LogP contribution < -0.4 is 0 Å². The van der Waals surface area contributed by atoms with Crippen molar-refractivity contribution >= 4 is 21.8 Å². The molecule has 0 unspecified atom stereocenters. The van der Waals surface area contributed by atoms with Gasteiger partial charge in [0.1, 0.15) is 0 Å². The van der Waals surface area contributed by atoms with E-state index in [0.717, 1.165) is 27.9 Å². The Bertz CT molecular complexity index is 1430. The van der Waals surface area contributed by atoms with E-state index < -0.39 is 11.7 Å². The molecule has 150 valence electrons. The first-order valence-electron chi connectivity index (χ1n) is 9.68. The maximum atomic E-state index is 13.9. The van der Waals surface area contributed by atoms with Gasteiger partial charge < -0.3 is 4.57 Å². The number of fused-ring (bicyclic) bond motifs is 3. The van der Waals surface area contributed by atoms with Gasteiger partial charge in [-0.15, -0.1) is 0 Å². The van der Waals surface area contributed by atoms with E-state index in [0.29, 0.717) is 11.3 Å². The van der Waals surface area contributed by atoms with Crippen LogP contribution in [0.25, 0.3) is 38.6 Å². The summed E-state index contributed by atoms with van der Waals surface area (Å²) in [6.45, 7) is 0. The van der Waals surface area contributed by atoms with Gasteiger partial charge in [0.05, 0.1) is 33.9 Å². The first kappa shape index (κ1) is 19.0. The Balaban J connectivity index is 1.88. The lowest BCUT2D eigenvalue weighted by atomic mass is 9.95. The fourth-order valence-electron chi connectivity index (χ4n) is 4.16. The third-order valence-corrected chi connectivity index (χ3v) is 5.47. The van der Waals surface area contributed by atoms with Gasteiger partial charge in [0, 0.05) is 16.3 Å². The zero-order valence-electron chi connectivity index (χ0n) is 16.2. The number of aromatic nitrogens is 1. The second kappa shape index (κ2) is 7.03. The predicted molar refractivity (Wildman–Crippen MR) is 116 cm³/mol. The summed E-state index contributed by atoms with van der Waals surface area (Å²) in [6.07, 6.45) is -4.59. The van der Waals surface area contributed by atoms with Crippen molar-refractivity contribution in [2.24, 2.45) is 0 Å². The van der Waals surface area contributed by atoms with E-state index in [1.54, 1.807) is 18.2 Å². The number of hydrogen-bond acceptors (Lipinski definition) is 1. The fraction of sp³-hybridized carbons (Fsp3) is 0.0385. The largest absolute Gasteiger partial charge is 0.417 e. The number of para-hydroxylation sites is 3. The predicted octanol–water partition coefficient (Wildman–Crippen LogP) is 7.34. The summed E-state index contributed by atoms with van der Waals surface area (Å²) >= 11 is 0. The van der Waals surface area contributed by atoms with E-state index >= 15 is 0 Å². The smallest absolute Gasteiger partial charge is 0.309 e. The SMILES string of the molecule is N#Cc1ccc(-c2ccccc2-n2c3ccccc3c3ccccc32)c(C(F)(F)F)c1. The number of rotatable bonds is 2. The third-order valence-electron chi connectivity index (χ3n) is 5.47. The molecule has 0 spiro atoms. The minimum Gasteiger partial charge on any atom is -0.309 e. The van der Waals surface area contributed by atoms with Crippen molar-refractivity contribution in [3.63, 3.8) is 0 Å². The highest BCUT2D eigenvalue weighted by atomic mass is 19.4. The number of nitrogens with zero attached hydrogens (tertiary/aromatic N) is 2. The number of benzene rings is 4. The van der Waals surface area contributed by atoms with Crippen LogP contribution >= 0.6 is 0 Å². The molecule has 5 rings (SSSR count). The van der Waals surface area contributed by atoms with E-state index in [9.17, 15) is 13.2 Å². The van der Waals surface area contributed by atoms with Crippen LogP contribution in [0.1, 0.15) is 11.1 Å². The Kier molecular flexibility index (Phi) is 4.30. The Morgan fingerprint density at radius 2 is 1.26 bits per heavy atom. The number of halogens is 3. The third kappa shape index (κ3) is 3.04. The average molecular weight is 412 g/mol. The average Bonchev–Trinajstić information content (AvgIpc) is 3.12. The van der Waals surface area contributed by atoms with Crippen LogP contribution in [0.5, 0.6) is 0 Å². The summed E-state index contributed by atoms with van der Waals surface area (Å²) in [4.78, 5) is 0. The molecule has 4 aromatic carbocycles. The molecule has 0 aliphatic rings. The molecule has 0 saturated heterocycles. The number of hydrogen-bond donors (Lipinski definition) is 0. The van der Waals surface area contributed by atoms with E-state index in [-0.39, 0.29) is 11.1 Å². The van der Waals surface area contributed by atoms with Gasteiger partial charge in [0.2, 0.25) is 0 Å². The fourth-order valence-corrected chi connectivity index (χ4v) is 4.16. The van der Waals surface area contributed by atoms with Gasteiger partial charge in [-0.05, 0) is 35.9 Å². The molecule has 0 radical (unpaired) electrons. The standard InChI is InChI=1S/C26H15F3N2/c27-26(28,29)22-15-17(16-30)13-14-18(22)19-7-1-4-10-23(19)31-24-11-5-2-8-20(24)21-9-3-6-12-25(21)31/h1-15H. The quantitative estimate of drug-likeness (QED) is 0.298. The van der Waals surface area contributed by atoms with Crippen LogP contribution in [0, 0.1) is 11.3 Å². The monoisotopic (exact) mass is 412 g/mol. The van der Waals surface area contributed by atoms with Crippen molar-refractivity contribution in [3.05, 3.63) is 102 Å². The van der Waals surface area contributed by atoms with Crippen LogP contribution in [0.3, 0.4) is 0 Å². The van der Waals surface area contributed by atoms with Gasteiger partial charge in [-0.2, -0.15) is 18.4 Å². The molecule has 1 aromatic heterocycles. The lowest BCUT2D eigenvalue weighted by Gasteiger charge is -2.18. The van der Waals surface area contributed by atoms with Crippen LogP contribution in [-0.4, -0.2) is 4.57 Å². The zero-order valence-corrected chi connectivity index (χ0v) is 16.2. The van der Waals surface area contributed by atoms with E-state index in [1.165, 1.54) is 12.1 Å². The molecule has 0 bridgehead atoms. The second-order valence-electron chi connectivity index (χ2n) is 7.26. The van der Waals surface area contributed by atoms with E-state index in [4.69, 9.17) is 5.26 Å². The van der Waals surface area contributed by atoms with Gasteiger partial charge in [0.25, 0.3) is 0 Å². The maximum Gasteiger partial charge on any atom is 0.417 e. The molecular weight excluding hydrogens is 397 g/mol. The Labute approximate surface area is 176 Å². The van der Waals surface area contributed by atoms with Gasteiger partial charge in [0.15, 0.2) is 0 Å². The van der Waals surface area contributed by atoms with Crippen molar-refractivity contribution in [1.82, 2.24) is 4.57 Å². The number of nitriles is 1. The summed E-state index contributed by atoms with van der Waals surface area (Å²) in [6, 6.07) is 28.3. The van der Waals surface area contributed by atoms with Crippen LogP contribution in [0.15, 0.2) is 91.0 Å². The molecule has 31 heavy (non-hydrogen) atoms. The van der Waals surface area contributed by atoms with Gasteiger partial charge in [-0.25, -0.2) is 0 Å². The van der Waals surface area contributed by atoms with Crippen molar-refractivity contribution in [2.45, 2.75) is 6.18 Å². The summed E-state index contributed by atoms with van der Waals surface area (Å²) in [7, 11) is 0. The van der Waals surface area contributed by atoms with Gasteiger partial charge in [-0.3, -0.25) is 0 Å². The molecular formula is C26H15F3N2. The topological polar surface area (TPSA) is 28.7 Å². The molecule has 0 aliphatic heterocycles. The molecule has 1 heterocycles. The molecule has 0 N–H and O–H groups in total. The van der Waals surface area contributed by atoms with Crippen molar-refractivity contribution in [2.75, 3.05) is 0 Å².